The fourth-order valence-corrected chi connectivity index (χ4v) is 3.52. The van der Waals surface area contributed by atoms with Gasteiger partial charge in [-0.25, -0.2) is 9.59 Å². The first-order valence-corrected chi connectivity index (χ1v) is 9.33. The van der Waals surface area contributed by atoms with Crippen molar-refractivity contribution < 1.29 is 28.5 Å². The van der Waals surface area contributed by atoms with E-state index in [0.29, 0.717) is 42.5 Å². The molecule has 1 atom stereocenters. The Morgan fingerprint density at radius 2 is 2.04 bits per heavy atom. The van der Waals surface area contributed by atoms with Gasteiger partial charge in [0.2, 0.25) is 6.79 Å². The summed E-state index contributed by atoms with van der Waals surface area (Å²) in [6.45, 7) is 5.31. The largest absolute Gasteiger partial charge is 0.463 e. The van der Waals surface area contributed by atoms with Crippen LogP contribution in [0.15, 0.2) is 29.5 Å². The van der Waals surface area contributed by atoms with Crippen molar-refractivity contribution in [3.8, 4) is 11.5 Å². The molecule has 1 fully saturated rings. The van der Waals surface area contributed by atoms with Crippen molar-refractivity contribution in [3.05, 3.63) is 35.0 Å². The number of nitrogens with one attached hydrogen (secondary N) is 2. The van der Waals surface area contributed by atoms with Crippen molar-refractivity contribution in [3.63, 3.8) is 0 Å². The van der Waals surface area contributed by atoms with Crippen molar-refractivity contribution in [2.45, 2.75) is 13.0 Å². The summed E-state index contributed by atoms with van der Waals surface area (Å²) in [4.78, 5) is 27.3. The average molecular weight is 389 g/mol. The van der Waals surface area contributed by atoms with Gasteiger partial charge in [0.25, 0.3) is 0 Å². The molecular formula is C19H23N3O6. The molecule has 1 aromatic rings. The molecule has 2 N–H and O–H groups in total. The molecule has 0 aliphatic carbocycles. The average Bonchev–Trinajstić information content (AvgIpc) is 3.16. The highest BCUT2D eigenvalue weighted by molar-refractivity contribution is 5.95. The fourth-order valence-electron chi connectivity index (χ4n) is 3.52. The van der Waals surface area contributed by atoms with E-state index in [0.717, 1.165) is 18.7 Å². The number of benzene rings is 1. The lowest BCUT2D eigenvalue weighted by Gasteiger charge is -2.33. The summed E-state index contributed by atoms with van der Waals surface area (Å²) in [5, 5.41) is 5.63. The number of amides is 2. The minimum atomic E-state index is -0.640. The Balaban J connectivity index is 1.70. The van der Waals surface area contributed by atoms with Crippen LogP contribution in [0.5, 0.6) is 11.5 Å². The molecular weight excluding hydrogens is 366 g/mol. The first-order chi connectivity index (χ1) is 13.7. The highest BCUT2D eigenvalue weighted by Crippen LogP contribution is 2.37. The van der Waals surface area contributed by atoms with Crippen LogP contribution in [0.2, 0.25) is 0 Å². The second-order valence-corrected chi connectivity index (χ2v) is 6.65. The molecule has 3 aliphatic rings. The van der Waals surface area contributed by atoms with E-state index in [1.165, 1.54) is 0 Å². The van der Waals surface area contributed by atoms with E-state index in [-0.39, 0.29) is 19.4 Å². The number of fused-ring (bicyclic) bond motifs is 1. The predicted molar refractivity (Wildman–Crippen MR) is 97.9 cm³/mol. The summed E-state index contributed by atoms with van der Waals surface area (Å²) in [7, 11) is 0. The third-order valence-electron chi connectivity index (χ3n) is 4.86. The Kier molecular flexibility index (Phi) is 5.36. The Hall–Kier alpha value is -2.78. The van der Waals surface area contributed by atoms with Gasteiger partial charge in [-0.15, -0.1) is 0 Å². The Labute approximate surface area is 162 Å². The van der Waals surface area contributed by atoms with E-state index >= 15 is 0 Å². The molecule has 2 amide bonds. The van der Waals surface area contributed by atoms with Crippen molar-refractivity contribution in [2.24, 2.45) is 0 Å². The van der Waals surface area contributed by atoms with E-state index in [4.69, 9.17) is 18.9 Å². The zero-order valence-corrected chi connectivity index (χ0v) is 15.7. The molecule has 0 spiro atoms. The molecule has 1 unspecified atom stereocenters. The fraction of sp³-hybridized carbons (Fsp3) is 0.474. The van der Waals surface area contributed by atoms with Crippen LogP contribution in [-0.4, -0.2) is 63.1 Å². The maximum Gasteiger partial charge on any atom is 0.338 e. The smallest absolute Gasteiger partial charge is 0.338 e. The summed E-state index contributed by atoms with van der Waals surface area (Å²) in [5.41, 5.74) is 1.67. The van der Waals surface area contributed by atoms with Crippen LogP contribution < -0.4 is 20.1 Å². The van der Waals surface area contributed by atoms with E-state index in [9.17, 15) is 9.59 Å². The topological polar surface area (TPSA) is 98.4 Å². The molecule has 0 bridgehead atoms. The van der Waals surface area contributed by atoms with E-state index in [2.05, 4.69) is 15.5 Å². The normalized spacial score (nSPS) is 21.9. The number of urea groups is 1. The lowest BCUT2D eigenvalue weighted by Crippen LogP contribution is -2.49. The summed E-state index contributed by atoms with van der Waals surface area (Å²) in [6, 6.07) is 4.37. The number of hydrogen-bond acceptors (Lipinski definition) is 7. The number of hydrogen-bond donors (Lipinski definition) is 2. The van der Waals surface area contributed by atoms with Crippen LogP contribution >= 0.6 is 0 Å². The number of carbonyl (C=O) groups is 2. The Bertz CT molecular complexity index is 803. The number of ether oxygens (including phenoxy) is 4. The molecule has 4 rings (SSSR count). The quantitative estimate of drug-likeness (QED) is 0.723. The van der Waals surface area contributed by atoms with Gasteiger partial charge in [-0.1, -0.05) is 6.07 Å². The standard InChI is InChI=1S/C19H23N3O6/c1-2-26-18(23)16-13(10-22-5-7-25-8-6-22)20-19(24)21-17(16)12-3-4-14-15(9-12)28-11-27-14/h3-4,9,17H,2,5-8,10-11H2,1H3,(H2,20,21,24). The molecule has 0 aromatic heterocycles. The minimum Gasteiger partial charge on any atom is -0.463 e. The van der Waals surface area contributed by atoms with Gasteiger partial charge in [0.1, 0.15) is 0 Å². The van der Waals surface area contributed by atoms with Crippen LogP contribution in [-0.2, 0) is 14.3 Å². The Morgan fingerprint density at radius 3 is 2.82 bits per heavy atom. The number of morpholine rings is 1. The third-order valence-corrected chi connectivity index (χ3v) is 4.86. The molecule has 9 nitrogen and oxygen atoms in total. The zero-order valence-electron chi connectivity index (χ0n) is 15.7. The van der Waals surface area contributed by atoms with Crippen LogP contribution in [0.25, 0.3) is 0 Å². The highest BCUT2D eigenvalue weighted by atomic mass is 16.7. The maximum atomic E-state index is 12.8. The SMILES string of the molecule is CCOC(=O)C1=C(CN2CCOCC2)NC(=O)NC1c1ccc2c(c1)OCO2. The summed E-state index contributed by atoms with van der Waals surface area (Å²) >= 11 is 0. The van der Waals surface area contributed by atoms with Gasteiger partial charge < -0.3 is 29.6 Å². The van der Waals surface area contributed by atoms with Crippen molar-refractivity contribution >= 4 is 12.0 Å². The van der Waals surface area contributed by atoms with Gasteiger partial charge in [0, 0.05) is 25.3 Å². The van der Waals surface area contributed by atoms with Crippen molar-refractivity contribution in [1.82, 2.24) is 15.5 Å². The molecule has 28 heavy (non-hydrogen) atoms. The highest BCUT2D eigenvalue weighted by Gasteiger charge is 2.35. The third kappa shape index (κ3) is 3.76. The van der Waals surface area contributed by atoms with Gasteiger partial charge in [-0.05, 0) is 24.6 Å². The van der Waals surface area contributed by atoms with E-state index < -0.39 is 12.0 Å². The zero-order chi connectivity index (χ0) is 19.5. The molecule has 3 heterocycles. The molecule has 9 heteroatoms. The van der Waals surface area contributed by atoms with E-state index in [1.54, 1.807) is 19.1 Å². The van der Waals surface area contributed by atoms with E-state index in [1.807, 2.05) is 6.07 Å². The van der Waals surface area contributed by atoms with Crippen LogP contribution in [0.1, 0.15) is 18.5 Å². The lowest BCUT2D eigenvalue weighted by atomic mass is 9.94. The van der Waals surface area contributed by atoms with Crippen molar-refractivity contribution in [1.29, 1.82) is 0 Å². The molecule has 0 saturated carbocycles. The molecule has 150 valence electrons. The number of esters is 1. The van der Waals surface area contributed by atoms with Gasteiger partial charge in [-0.3, -0.25) is 4.90 Å². The molecule has 1 aromatic carbocycles. The summed E-state index contributed by atoms with van der Waals surface area (Å²) < 4.78 is 21.5. The van der Waals surface area contributed by atoms with Crippen LogP contribution in [0.4, 0.5) is 4.79 Å². The van der Waals surface area contributed by atoms with Gasteiger partial charge >= 0.3 is 12.0 Å². The Morgan fingerprint density at radius 1 is 1.25 bits per heavy atom. The van der Waals surface area contributed by atoms with Crippen LogP contribution in [0, 0.1) is 0 Å². The molecule has 3 aliphatic heterocycles. The number of rotatable bonds is 5. The summed E-state index contributed by atoms with van der Waals surface area (Å²) in [5.74, 6) is 0.767. The second-order valence-electron chi connectivity index (χ2n) is 6.65. The number of carbonyl (C=O) groups excluding carboxylic acids is 2. The molecule has 1 saturated heterocycles. The van der Waals surface area contributed by atoms with Gasteiger partial charge in [0.05, 0.1) is 31.4 Å². The minimum absolute atomic E-state index is 0.153. The predicted octanol–water partition coefficient (Wildman–Crippen LogP) is 0.919. The first kappa shape index (κ1) is 18.6. The maximum absolute atomic E-state index is 12.8. The van der Waals surface area contributed by atoms with Gasteiger partial charge in [0.15, 0.2) is 11.5 Å². The van der Waals surface area contributed by atoms with Gasteiger partial charge in [-0.2, -0.15) is 0 Å². The first-order valence-electron chi connectivity index (χ1n) is 9.33. The monoisotopic (exact) mass is 389 g/mol. The van der Waals surface area contributed by atoms with Crippen molar-refractivity contribution in [2.75, 3.05) is 46.2 Å². The molecule has 0 radical (unpaired) electrons. The van der Waals surface area contributed by atoms with Crippen LogP contribution in [0.3, 0.4) is 0 Å². The number of nitrogens with zero attached hydrogens (tertiary/aromatic N) is 1. The second kappa shape index (κ2) is 8.07. The summed E-state index contributed by atoms with van der Waals surface area (Å²) in [6.07, 6.45) is 0. The lowest BCUT2D eigenvalue weighted by molar-refractivity contribution is -0.139.